The van der Waals surface area contributed by atoms with Gasteiger partial charge in [-0.2, -0.15) is 5.10 Å². The van der Waals surface area contributed by atoms with Crippen LogP contribution in [0.15, 0.2) is 60.7 Å². The minimum absolute atomic E-state index is 0.189. The molecule has 2 heterocycles. The van der Waals surface area contributed by atoms with Gasteiger partial charge in [0, 0.05) is 11.1 Å². The van der Waals surface area contributed by atoms with Crippen LogP contribution in [-0.4, -0.2) is 26.3 Å². The summed E-state index contributed by atoms with van der Waals surface area (Å²) in [5.74, 6) is -1.00. The maximum absolute atomic E-state index is 11.9. The average Bonchev–Trinajstić information content (AvgIpc) is 3.05. The highest BCUT2D eigenvalue weighted by atomic mass is 16.4. The zero-order valence-electron chi connectivity index (χ0n) is 13.5. The van der Waals surface area contributed by atoms with E-state index >= 15 is 0 Å². The molecule has 4 rings (SSSR count). The number of H-pyrrole nitrogens is 1. The summed E-state index contributed by atoms with van der Waals surface area (Å²) in [6.45, 7) is 1.99. The fraction of sp³-hybridized carbons (Fsp3) is 0.0500. The van der Waals surface area contributed by atoms with Crippen molar-refractivity contribution in [2.24, 2.45) is 0 Å². The lowest BCUT2D eigenvalue weighted by molar-refractivity contribution is 0.0699. The molecule has 5 heteroatoms. The van der Waals surface area contributed by atoms with E-state index < -0.39 is 5.97 Å². The summed E-state index contributed by atoms with van der Waals surface area (Å²) in [6.07, 6.45) is 0. The third-order valence-electron chi connectivity index (χ3n) is 4.13. The number of hydrogen-bond donors (Lipinski definition) is 2. The molecule has 0 unspecified atom stereocenters. The number of benzene rings is 2. The molecule has 122 valence electrons. The van der Waals surface area contributed by atoms with E-state index in [4.69, 9.17) is 0 Å². The van der Waals surface area contributed by atoms with Crippen LogP contribution in [0.5, 0.6) is 0 Å². The van der Waals surface area contributed by atoms with Gasteiger partial charge in [-0.1, -0.05) is 54.1 Å². The number of carboxylic acids is 1. The van der Waals surface area contributed by atoms with Crippen molar-refractivity contribution in [3.8, 4) is 22.5 Å². The number of aryl methyl sites for hydroxylation is 1. The maximum Gasteiger partial charge on any atom is 0.336 e. The average molecular weight is 329 g/mol. The van der Waals surface area contributed by atoms with Gasteiger partial charge >= 0.3 is 5.97 Å². The quantitative estimate of drug-likeness (QED) is 0.587. The van der Waals surface area contributed by atoms with Gasteiger partial charge in [-0.05, 0) is 19.1 Å². The summed E-state index contributed by atoms with van der Waals surface area (Å²) in [5, 5.41) is 17.4. The maximum atomic E-state index is 11.9. The van der Waals surface area contributed by atoms with Crippen molar-refractivity contribution in [1.82, 2.24) is 15.2 Å². The van der Waals surface area contributed by atoms with Gasteiger partial charge in [0.1, 0.15) is 0 Å². The van der Waals surface area contributed by atoms with Crippen LogP contribution in [0.1, 0.15) is 15.9 Å². The number of aromatic nitrogens is 3. The number of hydrogen-bond acceptors (Lipinski definition) is 3. The molecule has 0 amide bonds. The van der Waals surface area contributed by atoms with Crippen LogP contribution in [0.4, 0.5) is 0 Å². The molecule has 0 aliphatic carbocycles. The Hall–Kier alpha value is -3.47. The summed E-state index contributed by atoms with van der Waals surface area (Å²) < 4.78 is 0. The summed E-state index contributed by atoms with van der Waals surface area (Å²) in [7, 11) is 0. The van der Waals surface area contributed by atoms with Crippen molar-refractivity contribution < 1.29 is 9.90 Å². The second-order valence-corrected chi connectivity index (χ2v) is 5.89. The molecule has 0 saturated heterocycles. The van der Waals surface area contributed by atoms with E-state index in [0.29, 0.717) is 22.4 Å². The number of fused-ring (bicyclic) bond motifs is 1. The largest absolute Gasteiger partial charge is 0.478 e. The van der Waals surface area contributed by atoms with Crippen LogP contribution >= 0.6 is 0 Å². The van der Waals surface area contributed by atoms with Gasteiger partial charge in [0.05, 0.1) is 22.3 Å². The number of aromatic amines is 1. The normalized spacial score (nSPS) is 10.9. The van der Waals surface area contributed by atoms with Gasteiger partial charge in [0.15, 0.2) is 5.65 Å². The molecule has 2 aromatic heterocycles. The van der Waals surface area contributed by atoms with Gasteiger partial charge in [0.2, 0.25) is 0 Å². The molecule has 25 heavy (non-hydrogen) atoms. The molecule has 2 aromatic carbocycles. The van der Waals surface area contributed by atoms with Crippen LogP contribution < -0.4 is 0 Å². The summed E-state index contributed by atoms with van der Waals surface area (Å²) in [6, 6.07) is 18.9. The highest BCUT2D eigenvalue weighted by molar-refractivity contribution is 6.08. The molecule has 0 spiro atoms. The minimum atomic E-state index is -1.00. The van der Waals surface area contributed by atoms with Crippen LogP contribution in [0.2, 0.25) is 0 Å². The van der Waals surface area contributed by atoms with Crippen LogP contribution in [0, 0.1) is 6.92 Å². The molecule has 0 bridgehead atoms. The van der Waals surface area contributed by atoms with Crippen molar-refractivity contribution in [3.63, 3.8) is 0 Å². The van der Waals surface area contributed by atoms with Gasteiger partial charge in [0.25, 0.3) is 0 Å². The number of rotatable bonds is 3. The number of aromatic carboxylic acids is 1. The highest BCUT2D eigenvalue weighted by Gasteiger charge is 2.19. The first-order valence-corrected chi connectivity index (χ1v) is 7.88. The number of carboxylic acid groups (broad SMARTS) is 1. The number of carbonyl (C=O) groups is 1. The molecule has 0 atom stereocenters. The molecule has 0 saturated carbocycles. The van der Waals surface area contributed by atoms with E-state index in [-0.39, 0.29) is 5.56 Å². The standard InChI is InChI=1S/C20H15N3O2/c1-12-6-5-9-14(10-12)16-11-15(20(24)25)17-18(22-23-19(17)21-16)13-7-3-2-4-8-13/h2-11H,1H3,(H,24,25)(H,21,22,23). The van der Waals surface area contributed by atoms with Gasteiger partial charge in [-0.15, -0.1) is 0 Å². The van der Waals surface area contributed by atoms with Crippen molar-refractivity contribution in [3.05, 3.63) is 71.8 Å². The van der Waals surface area contributed by atoms with E-state index in [0.717, 1.165) is 16.7 Å². The van der Waals surface area contributed by atoms with Crippen LogP contribution in [-0.2, 0) is 0 Å². The second kappa shape index (κ2) is 5.87. The van der Waals surface area contributed by atoms with Crippen molar-refractivity contribution in [2.75, 3.05) is 0 Å². The zero-order chi connectivity index (χ0) is 17.4. The summed E-state index contributed by atoms with van der Waals surface area (Å²) in [4.78, 5) is 16.4. The first kappa shape index (κ1) is 15.1. The molecule has 5 nitrogen and oxygen atoms in total. The fourth-order valence-electron chi connectivity index (χ4n) is 2.96. The predicted molar refractivity (Wildman–Crippen MR) is 96.5 cm³/mol. The Kier molecular flexibility index (Phi) is 3.54. The third kappa shape index (κ3) is 2.65. The van der Waals surface area contributed by atoms with Crippen molar-refractivity contribution in [1.29, 1.82) is 0 Å². The Labute approximate surface area is 144 Å². The number of pyridine rings is 1. The van der Waals surface area contributed by atoms with Crippen molar-refractivity contribution >= 4 is 17.0 Å². The lowest BCUT2D eigenvalue weighted by Crippen LogP contribution is -2.00. The Balaban J connectivity index is 1.99. The van der Waals surface area contributed by atoms with E-state index in [1.54, 1.807) is 6.07 Å². The molecule has 0 aliphatic heterocycles. The van der Waals surface area contributed by atoms with E-state index in [1.165, 1.54) is 0 Å². The van der Waals surface area contributed by atoms with Gasteiger partial charge in [-0.25, -0.2) is 9.78 Å². The molecule has 4 aromatic rings. The predicted octanol–water partition coefficient (Wildman–Crippen LogP) is 4.30. The molecule has 0 radical (unpaired) electrons. The lowest BCUT2D eigenvalue weighted by Gasteiger charge is -2.06. The Morgan fingerprint density at radius 2 is 1.76 bits per heavy atom. The Morgan fingerprint density at radius 1 is 1.00 bits per heavy atom. The van der Waals surface area contributed by atoms with E-state index in [1.807, 2.05) is 61.5 Å². The minimum Gasteiger partial charge on any atom is -0.478 e. The first-order valence-electron chi connectivity index (χ1n) is 7.88. The Bertz CT molecular complexity index is 1080. The SMILES string of the molecule is Cc1cccc(-c2cc(C(=O)O)c3c(-c4ccccc4)[nH]nc3n2)c1. The van der Waals surface area contributed by atoms with Gasteiger partial charge < -0.3 is 5.11 Å². The molecule has 2 N–H and O–H groups in total. The molecule has 0 aliphatic rings. The second-order valence-electron chi connectivity index (χ2n) is 5.89. The third-order valence-corrected chi connectivity index (χ3v) is 4.13. The highest BCUT2D eigenvalue weighted by Crippen LogP contribution is 2.31. The zero-order valence-corrected chi connectivity index (χ0v) is 13.5. The van der Waals surface area contributed by atoms with Crippen LogP contribution in [0.25, 0.3) is 33.5 Å². The Morgan fingerprint density at radius 3 is 2.48 bits per heavy atom. The van der Waals surface area contributed by atoms with E-state index in [2.05, 4.69) is 15.2 Å². The van der Waals surface area contributed by atoms with Gasteiger partial charge in [-0.3, -0.25) is 5.10 Å². The summed E-state index contributed by atoms with van der Waals surface area (Å²) >= 11 is 0. The molecular weight excluding hydrogens is 314 g/mol. The summed E-state index contributed by atoms with van der Waals surface area (Å²) in [5.41, 5.74) is 4.68. The molecule has 0 fully saturated rings. The topological polar surface area (TPSA) is 78.9 Å². The molecular formula is C20H15N3O2. The smallest absolute Gasteiger partial charge is 0.336 e. The fourth-order valence-corrected chi connectivity index (χ4v) is 2.96. The van der Waals surface area contributed by atoms with Crippen LogP contribution in [0.3, 0.4) is 0 Å². The first-order chi connectivity index (χ1) is 12.1. The number of nitrogens with one attached hydrogen (secondary N) is 1. The number of nitrogens with zero attached hydrogens (tertiary/aromatic N) is 2. The monoisotopic (exact) mass is 329 g/mol. The lowest BCUT2D eigenvalue weighted by atomic mass is 10.0. The van der Waals surface area contributed by atoms with E-state index in [9.17, 15) is 9.90 Å². The van der Waals surface area contributed by atoms with Crippen molar-refractivity contribution in [2.45, 2.75) is 6.92 Å².